The van der Waals surface area contributed by atoms with Crippen LogP contribution in [0.1, 0.15) is 104 Å². The minimum atomic E-state index is -0.211. The fraction of sp³-hybridized carbons (Fsp3) is 0.966. The summed E-state index contributed by atoms with van der Waals surface area (Å²) in [5.41, 5.74) is 6.12. The Balaban J connectivity index is 1.35. The molecule has 4 saturated carbocycles. The standard InChI is InChI=1S/C29H52N2O3/c1-19(7-10-26(34)31-16-6-4-5-15-30)22-8-9-23-27-24(12-14-29(22,23)3)28(2)13-11-21(32)17-20(28)18-25(27)33/h19-25,27,32-33H,4-18,30H2,1-3H3,(H,31,34). The van der Waals surface area contributed by atoms with Crippen LogP contribution in [0.4, 0.5) is 0 Å². The summed E-state index contributed by atoms with van der Waals surface area (Å²) in [6.45, 7) is 8.88. The van der Waals surface area contributed by atoms with Crippen LogP contribution in [0.3, 0.4) is 0 Å². The van der Waals surface area contributed by atoms with E-state index in [9.17, 15) is 15.0 Å². The summed E-state index contributed by atoms with van der Waals surface area (Å²) >= 11 is 0. The molecule has 0 aliphatic heterocycles. The average Bonchev–Trinajstić information content (AvgIpc) is 3.15. The lowest BCUT2D eigenvalue weighted by Crippen LogP contribution is -2.58. The van der Waals surface area contributed by atoms with Gasteiger partial charge in [-0.1, -0.05) is 27.2 Å². The van der Waals surface area contributed by atoms with Gasteiger partial charge in [0.25, 0.3) is 0 Å². The second-order valence-corrected chi connectivity index (χ2v) is 13.2. The third-order valence-electron chi connectivity index (χ3n) is 11.4. The van der Waals surface area contributed by atoms with Crippen molar-refractivity contribution in [3.63, 3.8) is 0 Å². The Bertz CT molecular complexity index is 701. The minimum Gasteiger partial charge on any atom is -0.393 e. The van der Waals surface area contributed by atoms with Gasteiger partial charge in [0.1, 0.15) is 0 Å². The largest absolute Gasteiger partial charge is 0.393 e. The molecule has 0 heterocycles. The first kappa shape index (κ1) is 26.4. The van der Waals surface area contributed by atoms with Crippen molar-refractivity contribution in [1.82, 2.24) is 5.32 Å². The lowest BCUT2D eigenvalue weighted by Gasteiger charge is -2.62. The number of fused-ring (bicyclic) bond motifs is 5. The molecule has 5 nitrogen and oxygen atoms in total. The number of amides is 1. The second kappa shape index (κ2) is 10.8. The molecule has 1 amide bonds. The monoisotopic (exact) mass is 476 g/mol. The number of rotatable bonds is 9. The van der Waals surface area contributed by atoms with Crippen LogP contribution in [0.15, 0.2) is 0 Å². The van der Waals surface area contributed by atoms with Crippen LogP contribution in [-0.4, -0.2) is 41.4 Å². The Morgan fingerprint density at radius 2 is 1.74 bits per heavy atom. The number of carbonyl (C=O) groups excluding carboxylic acids is 1. The summed E-state index contributed by atoms with van der Waals surface area (Å²) in [4.78, 5) is 12.4. The molecule has 4 aliphatic carbocycles. The van der Waals surface area contributed by atoms with Crippen molar-refractivity contribution in [2.45, 2.75) is 116 Å². The zero-order valence-electron chi connectivity index (χ0n) is 22.1. The van der Waals surface area contributed by atoms with Gasteiger partial charge in [0.05, 0.1) is 12.2 Å². The molecule has 0 bridgehead atoms. The van der Waals surface area contributed by atoms with Crippen LogP contribution in [-0.2, 0) is 4.79 Å². The highest BCUT2D eigenvalue weighted by molar-refractivity contribution is 5.75. The van der Waals surface area contributed by atoms with Gasteiger partial charge < -0.3 is 21.3 Å². The van der Waals surface area contributed by atoms with Crippen molar-refractivity contribution in [3.05, 3.63) is 0 Å². The molecule has 0 aromatic rings. The summed E-state index contributed by atoms with van der Waals surface area (Å²) in [5, 5.41) is 24.8. The highest BCUT2D eigenvalue weighted by atomic mass is 16.3. The number of hydrogen-bond donors (Lipinski definition) is 4. The summed E-state index contributed by atoms with van der Waals surface area (Å²) in [6, 6.07) is 0. The molecule has 4 fully saturated rings. The van der Waals surface area contributed by atoms with Crippen LogP contribution in [0, 0.1) is 46.3 Å². The molecule has 5 heteroatoms. The lowest BCUT2D eigenvalue weighted by molar-refractivity contribution is -0.174. The number of nitrogens with two attached hydrogens (primary N) is 1. The molecule has 0 saturated heterocycles. The molecule has 4 aliphatic rings. The van der Waals surface area contributed by atoms with E-state index in [2.05, 4.69) is 26.1 Å². The molecule has 0 aromatic carbocycles. The quantitative estimate of drug-likeness (QED) is 0.365. The van der Waals surface area contributed by atoms with Gasteiger partial charge in [0.15, 0.2) is 0 Å². The lowest BCUT2D eigenvalue weighted by atomic mass is 9.43. The molecule has 34 heavy (non-hydrogen) atoms. The molecule has 196 valence electrons. The van der Waals surface area contributed by atoms with Gasteiger partial charge in [-0.15, -0.1) is 0 Å². The van der Waals surface area contributed by atoms with Crippen LogP contribution in [0.25, 0.3) is 0 Å². The molecule has 4 rings (SSSR count). The van der Waals surface area contributed by atoms with Gasteiger partial charge in [-0.05, 0) is 124 Å². The van der Waals surface area contributed by atoms with E-state index in [0.717, 1.165) is 64.5 Å². The number of aliphatic hydroxyl groups is 2. The third-order valence-corrected chi connectivity index (χ3v) is 11.4. The van der Waals surface area contributed by atoms with E-state index < -0.39 is 0 Å². The maximum Gasteiger partial charge on any atom is 0.220 e. The third kappa shape index (κ3) is 4.95. The Kier molecular flexibility index (Phi) is 8.36. The van der Waals surface area contributed by atoms with Gasteiger partial charge in [0.2, 0.25) is 5.91 Å². The van der Waals surface area contributed by atoms with Crippen LogP contribution >= 0.6 is 0 Å². The van der Waals surface area contributed by atoms with Gasteiger partial charge in [-0.3, -0.25) is 4.79 Å². The Labute approximate surface area is 208 Å². The van der Waals surface area contributed by atoms with Gasteiger partial charge >= 0.3 is 0 Å². The Hall–Kier alpha value is -0.650. The van der Waals surface area contributed by atoms with E-state index >= 15 is 0 Å². The zero-order valence-corrected chi connectivity index (χ0v) is 22.1. The summed E-state index contributed by atoms with van der Waals surface area (Å²) in [5.74, 6) is 3.50. The molecular weight excluding hydrogens is 424 g/mol. The topological polar surface area (TPSA) is 95.6 Å². The zero-order chi connectivity index (χ0) is 24.5. The van der Waals surface area contributed by atoms with Crippen molar-refractivity contribution in [3.8, 4) is 0 Å². The van der Waals surface area contributed by atoms with Crippen molar-refractivity contribution in [2.24, 2.45) is 52.1 Å². The van der Waals surface area contributed by atoms with Gasteiger partial charge in [-0.25, -0.2) is 0 Å². The van der Waals surface area contributed by atoms with Gasteiger partial charge in [-0.2, -0.15) is 0 Å². The van der Waals surface area contributed by atoms with Crippen molar-refractivity contribution in [2.75, 3.05) is 13.1 Å². The molecule has 5 N–H and O–H groups in total. The average molecular weight is 477 g/mol. The van der Waals surface area contributed by atoms with E-state index in [-0.39, 0.29) is 28.9 Å². The summed E-state index contributed by atoms with van der Waals surface area (Å²) in [6.07, 6.45) is 13.2. The van der Waals surface area contributed by atoms with E-state index in [0.29, 0.717) is 41.9 Å². The highest BCUT2D eigenvalue weighted by Crippen LogP contribution is 2.68. The van der Waals surface area contributed by atoms with E-state index in [1.54, 1.807) is 0 Å². The van der Waals surface area contributed by atoms with E-state index in [4.69, 9.17) is 5.73 Å². The van der Waals surface area contributed by atoms with Gasteiger partial charge in [0, 0.05) is 13.0 Å². The number of nitrogens with one attached hydrogen (secondary N) is 1. The number of unbranched alkanes of at least 4 members (excludes halogenated alkanes) is 2. The Morgan fingerprint density at radius 1 is 1.00 bits per heavy atom. The second-order valence-electron chi connectivity index (χ2n) is 13.2. The molecule has 10 unspecified atom stereocenters. The van der Waals surface area contributed by atoms with Crippen molar-refractivity contribution < 1.29 is 15.0 Å². The predicted octanol–water partition coefficient (Wildman–Crippen LogP) is 4.64. The summed E-state index contributed by atoms with van der Waals surface area (Å²) < 4.78 is 0. The number of aliphatic hydroxyl groups excluding tert-OH is 2. The van der Waals surface area contributed by atoms with Crippen LogP contribution in [0.5, 0.6) is 0 Å². The smallest absolute Gasteiger partial charge is 0.220 e. The molecule has 10 atom stereocenters. The molecule has 0 radical (unpaired) electrons. The minimum absolute atomic E-state index is 0.171. The van der Waals surface area contributed by atoms with Crippen LogP contribution in [0.2, 0.25) is 0 Å². The van der Waals surface area contributed by atoms with Crippen molar-refractivity contribution in [1.29, 1.82) is 0 Å². The van der Waals surface area contributed by atoms with Crippen molar-refractivity contribution >= 4 is 5.91 Å². The fourth-order valence-electron chi connectivity index (χ4n) is 9.50. The first-order chi connectivity index (χ1) is 16.2. The summed E-state index contributed by atoms with van der Waals surface area (Å²) in [7, 11) is 0. The van der Waals surface area contributed by atoms with E-state index in [1.807, 2.05) is 0 Å². The first-order valence-corrected chi connectivity index (χ1v) is 14.5. The fourth-order valence-corrected chi connectivity index (χ4v) is 9.50. The van der Waals surface area contributed by atoms with Crippen LogP contribution < -0.4 is 11.1 Å². The predicted molar refractivity (Wildman–Crippen MR) is 137 cm³/mol. The Morgan fingerprint density at radius 3 is 2.50 bits per heavy atom. The van der Waals surface area contributed by atoms with E-state index in [1.165, 1.54) is 25.7 Å². The normalized spacial score (nSPS) is 44.6. The molecule has 0 aromatic heterocycles. The first-order valence-electron chi connectivity index (χ1n) is 14.5. The molecular formula is C29H52N2O3. The SMILES string of the molecule is CC(CCC(=O)NCCCCCN)C1CCC2C3C(O)CC4CC(O)CCC4(C)C3CCC12C. The molecule has 0 spiro atoms. The highest BCUT2D eigenvalue weighted by Gasteiger charge is 2.62. The number of carbonyl (C=O) groups is 1. The maximum atomic E-state index is 12.4. The maximum absolute atomic E-state index is 12.4. The number of hydrogen-bond acceptors (Lipinski definition) is 4.